The third-order valence-corrected chi connectivity index (χ3v) is 0. The Morgan fingerprint density at radius 1 is 1.00 bits per heavy atom. The van der Waals surface area contributed by atoms with E-state index >= 15 is 0 Å². The average Bonchev–Trinajstić information content (AvgIpc) is 0. The van der Waals surface area contributed by atoms with Crippen molar-refractivity contribution >= 4 is 0 Å². The van der Waals surface area contributed by atoms with Gasteiger partial charge in [0.25, 0.3) is 0 Å². The average molecular weight is 437 g/mol. The topological polar surface area (TPSA) is 0 Å². The van der Waals surface area contributed by atoms with Crippen molar-refractivity contribution in [1.82, 2.24) is 0 Å². The number of hydrogen-bond acceptors (Lipinski definition) is 0. The zero-order valence-electron chi connectivity index (χ0n) is 1.90. The van der Waals surface area contributed by atoms with Crippen molar-refractivity contribution in [3.8, 4) is 0 Å². The predicted octanol–water partition coefficient (Wildman–Crippen LogP) is -0.00500. The quantitative estimate of drug-likeness (QED) is 0.501. The molecule has 0 aliphatic heterocycles. The Bertz CT molecular complexity index is 8.00. The van der Waals surface area contributed by atoms with E-state index in [-0.39, 0.29) is 125 Å². The summed E-state index contributed by atoms with van der Waals surface area (Å²) in [5.74, 6) is 0. The Hall–Kier alpha value is 4.14. The largest absolute Gasteiger partial charge is 0 e. The molecule has 0 bridgehead atoms. The molecule has 0 nitrogen and oxygen atoms in total. The molecule has 0 aliphatic rings. The molecule has 0 rings (SSSR count). The molecule has 0 saturated heterocycles. The maximum atomic E-state index is 0. The van der Waals surface area contributed by atoms with Gasteiger partial charge in [-0.25, -0.2) is 0 Å². The molecule has 0 fully saturated rings. The molecule has 0 spiro atoms. The van der Waals surface area contributed by atoms with Crippen LogP contribution in [0.5, 0.6) is 0 Å². The Morgan fingerprint density at radius 2 is 1.00 bits per heavy atom. The molecule has 21 valence electrons. The van der Waals surface area contributed by atoms with E-state index in [2.05, 4.69) is 0 Å². The van der Waals surface area contributed by atoms with Crippen LogP contribution in [0.15, 0.2) is 0 Å². The van der Waals surface area contributed by atoms with Gasteiger partial charge in [-0.05, 0) is 0 Å². The number of rotatable bonds is 0. The van der Waals surface area contributed by atoms with Crippen LogP contribution in [0.3, 0.4) is 0 Å². The maximum Gasteiger partial charge on any atom is 0 e. The van der Waals surface area contributed by atoms with Gasteiger partial charge in [0.05, 0.1) is 0 Å². The second kappa shape index (κ2) is 15.7. The SMILES string of the molecule is [Co].[La].[Sm].[Y]. The van der Waals surface area contributed by atoms with E-state index in [1.807, 2.05) is 0 Å². The molecular weight excluding hydrogens is 437 g/mol. The van der Waals surface area contributed by atoms with Crippen molar-refractivity contribution < 1.29 is 125 Å². The summed E-state index contributed by atoms with van der Waals surface area (Å²) >= 11 is 0. The normalized spacial score (nSPS) is 0. The molecule has 4 heavy (non-hydrogen) atoms. The molecular formula is CoLaSmY. The second-order valence-corrected chi connectivity index (χ2v) is 0. The zero-order chi connectivity index (χ0) is 0. The maximum absolute atomic E-state index is 0. The molecule has 0 unspecified atom stereocenters. The molecule has 0 atom stereocenters. The predicted molar refractivity (Wildman–Crippen MR) is 0 cm³/mol. The van der Waals surface area contributed by atoms with Crippen LogP contribution in [0, 0.1) is 76.0 Å². The van der Waals surface area contributed by atoms with Gasteiger partial charge in [0, 0.05) is 125 Å². The molecule has 0 aromatic heterocycles. The fourth-order valence-corrected chi connectivity index (χ4v) is 0. The van der Waals surface area contributed by atoms with Gasteiger partial charge < -0.3 is 0 Å². The van der Waals surface area contributed by atoms with E-state index in [1.54, 1.807) is 0 Å². The summed E-state index contributed by atoms with van der Waals surface area (Å²) in [6, 6.07) is 0. The monoisotopic (exact) mass is 439 g/mol. The van der Waals surface area contributed by atoms with Gasteiger partial charge in [-0.15, -0.1) is 0 Å². The van der Waals surface area contributed by atoms with Gasteiger partial charge >= 0.3 is 0 Å². The van der Waals surface area contributed by atoms with Gasteiger partial charge in [-0.3, -0.25) is 0 Å². The fourth-order valence-electron chi connectivity index (χ4n) is 0. The van der Waals surface area contributed by atoms with E-state index in [9.17, 15) is 0 Å². The van der Waals surface area contributed by atoms with Gasteiger partial charge in [0.1, 0.15) is 0 Å². The zero-order valence-corrected chi connectivity index (χ0v) is 12.0. The van der Waals surface area contributed by atoms with Crippen LogP contribution in [0.1, 0.15) is 0 Å². The third kappa shape index (κ3) is 9.47. The first-order valence-electron chi connectivity index (χ1n) is 0. The smallest absolute Gasteiger partial charge is 0 e. The first kappa shape index (κ1) is 24.2. The Balaban J connectivity index is 0. The first-order chi connectivity index (χ1) is 0. The summed E-state index contributed by atoms with van der Waals surface area (Å²) in [4.78, 5) is 0. The van der Waals surface area contributed by atoms with E-state index < -0.39 is 0 Å². The Kier molecular flexibility index (Phi) is 95.0. The van der Waals surface area contributed by atoms with Gasteiger partial charge in [-0.2, -0.15) is 0 Å². The van der Waals surface area contributed by atoms with Crippen LogP contribution in [0.4, 0.5) is 0 Å². The van der Waals surface area contributed by atoms with Crippen LogP contribution in [0.25, 0.3) is 0 Å². The Labute approximate surface area is 122 Å². The van der Waals surface area contributed by atoms with Gasteiger partial charge in [-0.1, -0.05) is 0 Å². The molecule has 0 saturated carbocycles. The number of hydrogen-bond donors (Lipinski definition) is 0. The molecule has 0 aromatic rings. The van der Waals surface area contributed by atoms with Crippen LogP contribution < -0.4 is 0 Å². The molecule has 0 N–H and O–H groups in total. The molecule has 4 heteroatoms. The van der Waals surface area contributed by atoms with Crippen molar-refractivity contribution in [2.24, 2.45) is 0 Å². The van der Waals surface area contributed by atoms with Crippen molar-refractivity contribution in [2.45, 2.75) is 0 Å². The van der Waals surface area contributed by atoms with Crippen LogP contribution in [-0.4, -0.2) is 0 Å². The van der Waals surface area contributed by atoms with Crippen molar-refractivity contribution in [2.75, 3.05) is 0 Å². The van der Waals surface area contributed by atoms with E-state index in [1.165, 1.54) is 0 Å². The van der Waals surface area contributed by atoms with Crippen LogP contribution in [-0.2, 0) is 49.5 Å². The second-order valence-electron chi connectivity index (χ2n) is 0. The summed E-state index contributed by atoms with van der Waals surface area (Å²) in [5.41, 5.74) is 0. The molecule has 0 aliphatic carbocycles. The van der Waals surface area contributed by atoms with Crippen LogP contribution >= 0.6 is 0 Å². The van der Waals surface area contributed by atoms with Crippen molar-refractivity contribution in [1.29, 1.82) is 0 Å². The third-order valence-electron chi connectivity index (χ3n) is 0. The van der Waals surface area contributed by atoms with Crippen molar-refractivity contribution in [3.05, 3.63) is 0 Å². The van der Waals surface area contributed by atoms with Crippen molar-refractivity contribution in [3.63, 3.8) is 0 Å². The molecule has 0 aromatic carbocycles. The summed E-state index contributed by atoms with van der Waals surface area (Å²) in [6.45, 7) is 0. The van der Waals surface area contributed by atoms with Crippen LogP contribution in [0.2, 0.25) is 0 Å². The molecule has 0 heterocycles. The molecule has 3 radical (unpaired) electrons. The minimum absolute atomic E-state index is 0. The minimum atomic E-state index is 0. The summed E-state index contributed by atoms with van der Waals surface area (Å²) in [7, 11) is 0. The summed E-state index contributed by atoms with van der Waals surface area (Å²) < 4.78 is 0. The van der Waals surface area contributed by atoms with E-state index in [0.29, 0.717) is 0 Å². The molecule has 0 amide bonds. The standard InChI is InChI=1S/Co.La.Sm.Y. The first-order valence-corrected chi connectivity index (χ1v) is 0. The Morgan fingerprint density at radius 3 is 1.00 bits per heavy atom. The van der Waals surface area contributed by atoms with Gasteiger partial charge in [0.15, 0.2) is 0 Å². The fraction of sp³-hybridized carbons (Fsp3) is 0. The van der Waals surface area contributed by atoms with E-state index in [0.717, 1.165) is 0 Å². The summed E-state index contributed by atoms with van der Waals surface area (Å²) in [5, 5.41) is 0. The summed E-state index contributed by atoms with van der Waals surface area (Å²) in [6.07, 6.45) is 0. The van der Waals surface area contributed by atoms with E-state index in [4.69, 9.17) is 0 Å². The minimum Gasteiger partial charge on any atom is 0 e. The van der Waals surface area contributed by atoms with Gasteiger partial charge in [0.2, 0.25) is 0 Å².